The number of para-hydroxylation sites is 1. The molecular formula is C22H18ClN3O3. The zero-order valence-corrected chi connectivity index (χ0v) is 16.4. The van der Waals surface area contributed by atoms with E-state index >= 15 is 0 Å². The number of phenolic OH excluding ortho intramolecular Hbond substituents is 1. The summed E-state index contributed by atoms with van der Waals surface area (Å²) in [5.41, 5.74) is 3.31. The molecule has 2 aliphatic rings. The van der Waals surface area contributed by atoms with E-state index < -0.39 is 6.23 Å². The van der Waals surface area contributed by atoms with Crippen LogP contribution in [0.4, 0.5) is 0 Å². The van der Waals surface area contributed by atoms with Gasteiger partial charge in [-0.25, -0.2) is 5.01 Å². The van der Waals surface area contributed by atoms with Crippen LogP contribution in [0, 0.1) is 0 Å². The van der Waals surface area contributed by atoms with Crippen LogP contribution in [0.5, 0.6) is 17.2 Å². The van der Waals surface area contributed by atoms with Crippen molar-refractivity contribution < 1.29 is 14.6 Å². The van der Waals surface area contributed by atoms with Gasteiger partial charge < -0.3 is 14.6 Å². The average Bonchev–Trinajstić information content (AvgIpc) is 3.20. The Bertz CT molecular complexity index is 1100. The van der Waals surface area contributed by atoms with Crippen molar-refractivity contribution in [3.05, 3.63) is 82.6 Å². The van der Waals surface area contributed by atoms with Crippen LogP contribution in [-0.2, 0) is 0 Å². The van der Waals surface area contributed by atoms with Crippen molar-refractivity contribution in [1.82, 2.24) is 9.99 Å². The van der Waals surface area contributed by atoms with Crippen molar-refractivity contribution in [2.45, 2.75) is 18.7 Å². The van der Waals surface area contributed by atoms with Crippen molar-refractivity contribution in [1.29, 1.82) is 0 Å². The molecule has 1 aromatic heterocycles. The standard InChI is InChI=1S/C22H18ClN3O3/c1-28-20-4-2-3-15-18-12-17(16-11-14(23)5-6-19(16)27)25-26(18)22(29-21(15)20)13-7-9-24-10-8-13/h2-11,18,22,27H,12H2,1H3/t18-,22-/m1/s1. The first-order valence-electron chi connectivity index (χ1n) is 9.24. The van der Waals surface area contributed by atoms with Crippen molar-refractivity contribution >= 4 is 17.3 Å². The van der Waals surface area contributed by atoms with E-state index in [2.05, 4.69) is 4.98 Å². The quantitative estimate of drug-likeness (QED) is 0.682. The summed E-state index contributed by atoms with van der Waals surface area (Å²) in [6.07, 6.45) is 3.63. The number of nitrogens with zero attached hydrogens (tertiary/aromatic N) is 3. The number of aromatic hydroxyl groups is 1. The van der Waals surface area contributed by atoms with Gasteiger partial charge in [-0.05, 0) is 36.4 Å². The van der Waals surface area contributed by atoms with Crippen LogP contribution in [0.15, 0.2) is 66.0 Å². The van der Waals surface area contributed by atoms with Gasteiger partial charge in [0.2, 0.25) is 6.23 Å². The number of halogens is 1. The molecule has 0 bridgehead atoms. The molecule has 7 heteroatoms. The lowest BCUT2D eigenvalue weighted by atomic mass is 9.95. The molecule has 0 fully saturated rings. The van der Waals surface area contributed by atoms with E-state index in [1.54, 1.807) is 37.7 Å². The van der Waals surface area contributed by atoms with Gasteiger partial charge in [0.25, 0.3) is 0 Å². The summed E-state index contributed by atoms with van der Waals surface area (Å²) < 4.78 is 11.9. The van der Waals surface area contributed by atoms with Crippen molar-refractivity contribution in [3.8, 4) is 17.2 Å². The number of hydrogen-bond acceptors (Lipinski definition) is 6. The zero-order valence-electron chi connectivity index (χ0n) is 15.6. The summed E-state index contributed by atoms with van der Waals surface area (Å²) >= 11 is 6.17. The summed E-state index contributed by atoms with van der Waals surface area (Å²) in [5, 5.41) is 17.7. The van der Waals surface area contributed by atoms with E-state index in [0.717, 1.165) is 16.8 Å². The Labute approximate surface area is 173 Å². The van der Waals surface area contributed by atoms with Crippen LogP contribution in [0.1, 0.15) is 35.4 Å². The minimum Gasteiger partial charge on any atom is -0.507 e. The Morgan fingerprint density at radius 1 is 1.17 bits per heavy atom. The number of phenols is 1. The molecule has 0 saturated carbocycles. The average molecular weight is 408 g/mol. The van der Waals surface area contributed by atoms with Crippen molar-refractivity contribution in [3.63, 3.8) is 0 Å². The van der Waals surface area contributed by atoms with Gasteiger partial charge in [0.15, 0.2) is 11.5 Å². The highest BCUT2D eigenvalue weighted by molar-refractivity contribution is 6.31. The first-order chi connectivity index (χ1) is 14.2. The third-order valence-corrected chi connectivity index (χ3v) is 5.50. The fraction of sp³-hybridized carbons (Fsp3) is 0.182. The fourth-order valence-corrected chi connectivity index (χ4v) is 4.07. The van der Waals surface area contributed by atoms with E-state index in [1.165, 1.54) is 0 Å². The second-order valence-corrected chi connectivity index (χ2v) is 7.37. The molecule has 29 heavy (non-hydrogen) atoms. The van der Waals surface area contributed by atoms with Gasteiger partial charge in [-0.1, -0.05) is 23.7 Å². The van der Waals surface area contributed by atoms with Crippen molar-refractivity contribution in [2.75, 3.05) is 7.11 Å². The summed E-state index contributed by atoms with van der Waals surface area (Å²) in [5.74, 6) is 1.55. The zero-order chi connectivity index (χ0) is 20.0. The minimum absolute atomic E-state index is 0.0552. The molecule has 1 N–H and O–H groups in total. The fourth-order valence-electron chi connectivity index (χ4n) is 3.89. The van der Waals surface area contributed by atoms with Crippen LogP contribution in [0.3, 0.4) is 0 Å². The summed E-state index contributed by atoms with van der Waals surface area (Å²) in [6.45, 7) is 0. The molecule has 3 aromatic rings. The summed E-state index contributed by atoms with van der Waals surface area (Å²) in [6, 6.07) is 14.6. The van der Waals surface area contributed by atoms with E-state index in [9.17, 15) is 5.11 Å². The molecular weight excluding hydrogens is 390 g/mol. The van der Waals surface area contributed by atoms with Crippen LogP contribution < -0.4 is 9.47 Å². The second kappa shape index (κ2) is 6.97. The lowest BCUT2D eigenvalue weighted by Gasteiger charge is -2.38. The predicted molar refractivity (Wildman–Crippen MR) is 109 cm³/mol. The maximum atomic E-state index is 10.4. The molecule has 5 rings (SSSR count). The van der Waals surface area contributed by atoms with E-state index in [1.807, 2.05) is 35.3 Å². The van der Waals surface area contributed by atoms with Gasteiger partial charge >= 0.3 is 0 Å². The lowest BCUT2D eigenvalue weighted by Crippen LogP contribution is -2.33. The maximum absolute atomic E-state index is 10.4. The lowest BCUT2D eigenvalue weighted by molar-refractivity contribution is -0.0209. The number of fused-ring (bicyclic) bond motifs is 3. The normalized spacial score (nSPS) is 19.8. The minimum atomic E-state index is -0.439. The third kappa shape index (κ3) is 2.96. The Balaban J connectivity index is 1.64. The molecule has 0 aliphatic carbocycles. The molecule has 0 amide bonds. The number of ether oxygens (including phenoxy) is 2. The highest BCUT2D eigenvalue weighted by atomic mass is 35.5. The SMILES string of the molecule is COc1cccc2c1O[C@H](c1ccncc1)N1N=C(c3cc(Cl)ccc3O)C[C@H]21. The molecule has 6 nitrogen and oxygen atoms in total. The molecule has 0 spiro atoms. The van der Waals surface area contributed by atoms with E-state index in [0.29, 0.717) is 28.5 Å². The van der Waals surface area contributed by atoms with Crippen LogP contribution in [-0.4, -0.2) is 27.9 Å². The Morgan fingerprint density at radius 3 is 2.79 bits per heavy atom. The first-order valence-corrected chi connectivity index (χ1v) is 9.61. The van der Waals surface area contributed by atoms with Gasteiger partial charge in [0, 0.05) is 40.5 Å². The predicted octanol–water partition coefficient (Wildman–Crippen LogP) is 4.69. The number of hydrogen-bond donors (Lipinski definition) is 1. The van der Waals surface area contributed by atoms with Gasteiger partial charge in [-0.2, -0.15) is 5.10 Å². The Kier molecular flexibility index (Phi) is 4.28. The van der Waals surface area contributed by atoms with Crippen LogP contribution in [0.25, 0.3) is 0 Å². The maximum Gasteiger partial charge on any atom is 0.214 e. The molecule has 146 valence electrons. The number of aromatic nitrogens is 1. The Morgan fingerprint density at radius 2 is 2.00 bits per heavy atom. The molecule has 2 atom stereocenters. The van der Waals surface area contributed by atoms with Crippen LogP contribution in [0.2, 0.25) is 5.02 Å². The molecule has 2 aliphatic heterocycles. The monoisotopic (exact) mass is 407 g/mol. The molecule has 2 aromatic carbocycles. The molecule has 0 saturated heterocycles. The summed E-state index contributed by atoms with van der Waals surface area (Å²) in [7, 11) is 1.63. The molecule has 0 radical (unpaired) electrons. The molecule has 0 unspecified atom stereocenters. The second-order valence-electron chi connectivity index (χ2n) is 6.94. The highest BCUT2D eigenvalue weighted by Crippen LogP contribution is 2.51. The van der Waals surface area contributed by atoms with E-state index in [-0.39, 0.29) is 11.8 Å². The first kappa shape index (κ1) is 17.8. The smallest absolute Gasteiger partial charge is 0.214 e. The Hall–Kier alpha value is -3.25. The number of pyridine rings is 1. The number of hydrazone groups is 1. The number of benzene rings is 2. The summed E-state index contributed by atoms with van der Waals surface area (Å²) in [4.78, 5) is 4.11. The number of methoxy groups -OCH3 is 1. The van der Waals surface area contributed by atoms with Gasteiger partial charge in [-0.3, -0.25) is 4.98 Å². The van der Waals surface area contributed by atoms with Gasteiger partial charge in [0.1, 0.15) is 5.75 Å². The largest absolute Gasteiger partial charge is 0.507 e. The third-order valence-electron chi connectivity index (χ3n) is 5.26. The van der Waals surface area contributed by atoms with Crippen molar-refractivity contribution in [2.24, 2.45) is 5.10 Å². The number of rotatable bonds is 3. The highest BCUT2D eigenvalue weighted by Gasteiger charge is 2.42. The molecule has 3 heterocycles. The van der Waals surface area contributed by atoms with Gasteiger partial charge in [0.05, 0.1) is 18.9 Å². The van der Waals surface area contributed by atoms with Gasteiger partial charge in [-0.15, -0.1) is 0 Å². The topological polar surface area (TPSA) is 67.2 Å². The van der Waals surface area contributed by atoms with E-state index in [4.69, 9.17) is 26.2 Å². The van der Waals surface area contributed by atoms with Crippen LogP contribution >= 0.6 is 11.6 Å².